The summed E-state index contributed by atoms with van der Waals surface area (Å²) in [6.45, 7) is 0.652. The average Bonchev–Trinajstić information content (AvgIpc) is 3.23. The van der Waals surface area contributed by atoms with Crippen LogP contribution in [0, 0.1) is 11.3 Å². The van der Waals surface area contributed by atoms with Crippen molar-refractivity contribution in [3.8, 4) is 17.2 Å². The lowest BCUT2D eigenvalue weighted by atomic mass is 10.1. The lowest BCUT2D eigenvalue weighted by Gasteiger charge is -2.16. The Kier molecular flexibility index (Phi) is 5.05. The van der Waals surface area contributed by atoms with E-state index in [0.29, 0.717) is 24.2 Å². The van der Waals surface area contributed by atoms with Gasteiger partial charge in [-0.15, -0.1) is 0 Å². The predicted molar refractivity (Wildman–Crippen MR) is 95.2 cm³/mol. The van der Waals surface area contributed by atoms with E-state index < -0.39 is 16.0 Å². The molecule has 1 fully saturated rings. The summed E-state index contributed by atoms with van der Waals surface area (Å²) in [4.78, 5) is 11.0. The van der Waals surface area contributed by atoms with E-state index in [4.69, 9.17) is 16.7 Å². The SMILES string of the molecule is N#Cc1cn(CC(=O)O)cc1-c1cc(Cl)cc(S(=O)(=O)N2CCCC2)c1. The minimum atomic E-state index is -3.66. The maximum atomic E-state index is 12.8. The number of carboxylic acids is 1. The topological polar surface area (TPSA) is 103 Å². The van der Waals surface area contributed by atoms with Crippen molar-refractivity contribution >= 4 is 27.6 Å². The molecule has 7 nitrogen and oxygen atoms in total. The van der Waals surface area contributed by atoms with Gasteiger partial charge in [-0.05, 0) is 36.6 Å². The summed E-state index contributed by atoms with van der Waals surface area (Å²) in [5, 5.41) is 18.5. The van der Waals surface area contributed by atoms with E-state index in [9.17, 15) is 18.5 Å². The molecule has 0 amide bonds. The van der Waals surface area contributed by atoms with E-state index in [-0.39, 0.29) is 22.0 Å². The first-order valence-electron chi connectivity index (χ1n) is 7.94. The van der Waals surface area contributed by atoms with E-state index in [1.807, 2.05) is 6.07 Å². The lowest BCUT2D eigenvalue weighted by molar-refractivity contribution is -0.137. The minimum absolute atomic E-state index is 0.0665. The number of hydrogen-bond donors (Lipinski definition) is 1. The van der Waals surface area contributed by atoms with Gasteiger partial charge in [0.25, 0.3) is 0 Å². The van der Waals surface area contributed by atoms with Crippen molar-refractivity contribution in [2.24, 2.45) is 0 Å². The number of carbonyl (C=O) groups is 1. The third-order valence-electron chi connectivity index (χ3n) is 4.20. The van der Waals surface area contributed by atoms with Gasteiger partial charge in [0, 0.05) is 36.1 Å². The molecule has 0 atom stereocenters. The molecule has 9 heteroatoms. The molecule has 1 aromatic carbocycles. The maximum Gasteiger partial charge on any atom is 0.323 e. The highest BCUT2D eigenvalue weighted by molar-refractivity contribution is 7.89. The lowest BCUT2D eigenvalue weighted by Crippen LogP contribution is -2.27. The van der Waals surface area contributed by atoms with Crippen LogP contribution in [-0.2, 0) is 21.4 Å². The molecule has 0 saturated carbocycles. The molecule has 1 saturated heterocycles. The Morgan fingerprint density at radius 1 is 1.23 bits per heavy atom. The average molecular weight is 394 g/mol. The molecule has 0 bridgehead atoms. The molecule has 26 heavy (non-hydrogen) atoms. The Hall–Kier alpha value is -2.34. The third kappa shape index (κ3) is 3.60. The third-order valence-corrected chi connectivity index (χ3v) is 6.30. The Morgan fingerprint density at radius 2 is 1.92 bits per heavy atom. The van der Waals surface area contributed by atoms with Crippen LogP contribution in [0.4, 0.5) is 0 Å². The van der Waals surface area contributed by atoms with Crippen molar-refractivity contribution in [3.05, 3.63) is 41.2 Å². The smallest absolute Gasteiger partial charge is 0.323 e. The van der Waals surface area contributed by atoms with Crippen LogP contribution in [0.2, 0.25) is 5.02 Å². The van der Waals surface area contributed by atoms with Crippen LogP contribution < -0.4 is 0 Å². The molecule has 136 valence electrons. The molecule has 0 aliphatic carbocycles. The summed E-state index contributed by atoms with van der Waals surface area (Å²) >= 11 is 6.13. The van der Waals surface area contributed by atoms with Crippen molar-refractivity contribution in [1.82, 2.24) is 8.87 Å². The molecule has 2 aromatic rings. The monoisotopic (exact) mass is 393 g/mol. The Morgan fingerprint density at radius 3 is 2.54 bits per heavy atom. The molecule has 1 aromatic heterocycles. The summed E-state index contributed by atoms with van der Waals surface area (Å²) in [6.07, 6.45) is 4.57. The highest BCUT2D eigenvalue weighted by atomic mass is 35.5. The van der Waals surface area contributed by atoms with Gasteiger partial charge in [-0.3, -0.25) is 4.79 Å². The van der Waals surface area contributed by atoms with Crippen molar-refractivity contribution in [3.63, 3.8) is 0 Å². The van der Waals surface area contributed by atoms with Crippen LogP contribution >= 0.6 is 11.6 Å². The number of halogens is 1. The van der Waals surface area contributed by atoms with Crippen LogP contribution in [0.5, 0.6) is 0 Å². The van der Waals surface area contributed by atoms with Crippen molar-refractivity contribution < 1.29 is 18.3 Å². The second-order valence-corrected chi connectivity index (χ2v) is 8.42. The first-order chi connectivity index (χ1) is 12.3. The van der Waals surface area contributed by atoms with Crippen LogP contribution in [0.25, 0.3) is 11.1 Å². The number of nitrogens with zero attached hydrogens (tertiary/aromatic N) is 3. The van der Waals surface area contributed by atoms with Crippen molar-refractivity contribution in [2.75, 3.05) is 13.1 Å². The summed E-state index contributed by atoms with van der Waals surface area (Å²) in [5.74, 6) is -1.04. The van der Waals surface area contributed by atoms with E-state index in [2.05, 4.69) is 0 Å². The largest absolute Gasteiger partial charge is 0.480 e. The molecule has 3 rings (SSSR count). The number of carboxylic acid groups (broad SMARTS) is 1. The van der Waals surface area contributed by atoms with Gasteiger partial charge in [-0.2, -0.15) is 9.57 Å². The molecular formula is C17H16ClN3O4S. The molecule has 0 unspecified atom stereocenters. The fourth-order valence-corrected chi connectivity index (χ4v) is 4.91. The number of aliphatic carboxylic acids is 1. The fourth-order valence-electron chi connectivity index (χ4n) is 3.02. The maximum absolute atomic E-state index is 12.8. The number of hydrogen-bond acceptors (Lipinski definition) is 4. The predicted octanol–water partition coefficient (Wildman–Crippen LogP) is 2.55. The Labute approximate surface area is 156 Å². The Balaban J connectivity index is 2.07. The van der Waals surface area contributed by atoms with Crippen LogP contribution in [0.1, 0.15) is 18.4 Å². The number of nitriles is 1. The van der Waals surface area contributed by atoms with E-state index in [0.717, 1.165) is 12.8 Å². The van der Waals surface area contributed by atoms with E-state index >= 15 is 0 Å². The van der Waals surface area contributed by atoms with Gasteiger partial charge in [-0.1, -0.05) is 11.6 Å². The van der Waals surface area contributed by atoms with Gasteiger partial charge >= 0.3 is 5.97 Å². The summed E-state index contributed by atoms with van der Waals surface area (Å²) in [5.41, 5.74) is 1.14. The Bertz CT molecular complexity index is 1000. The van der Waals surface area contributed by atoms with Gasteiger partial charge in [0.05, 0.1) is 10.5 Å². The van der Waals surface area contributed by atoms with Crippen LogP contribution in [0.15, 0.2) is 35.5 Å². The van der Waals surface area contributed by atoms with Crippen molar-refractivity contribution in [1.29, 1.82) is 5.26 Å². The molecular weight excluding hydrogens is 378 g/mol. The fraction of sp³-hybridized carbons (Fsp3) is 0.294. The zero-order chi connectivity index (χ0) is 18.9. The second kappa shape index (κ2) is 7.11. The number of aromatic nitrogens is 1. The standard InChI is InChI=1S/C17H16ClN3O4S/c18-14-5-12(16-10-20(11-17(22)23)9-13(16)8-19)6-15(7-14)26(24,25)21-3-1-2-4-21/h5-7,9-10H,1-4,11H2,(H,22,23). The van der Waals surface area contributed by atoms with Crippen LogP contribution in [0.3, 0.4) is 0 Å². The second-order valence-electron chi connectivity index (χ2n) is 6.05. The summed E-state index contributed by atoms with van der Waals surface area (Å²) in [6, 6.07) is 6.43. The molecule has 0 radical (unpaired) electrons. The molecule has 1 aliphatic rings. The van der Waals surface area contributed by atoms with Gasteiger partial charge in [0.1, 0.15) is 12.6 Å². The van der Waals surface area contributed by atoms with Gasteiger partial charge in [0.2, 0.25) is 10.0 Å². The van der Waals surface area contributed by atoms with Gasteiger partial charge < -0.3 is 9.67 Å². The van der Waals surface area contributed by atoms with E-state index in [1.54, 1.807) is 6.07 Å². The zero-order valence-corrected chi connectivity index (χ0v) is 15.3. The molecule has 1 aliphatic heterocycles. The van der Waals surface area contributed by atoms with Gasteiger partial charge in [-0.25, -0.2) is 8.42 Å². The van der Waals surface area contributed by atoms with Crippen LogP contribution in [-0.4, -0.2) is 41.5 Å². The van der Waals surface area contributed by atoms with Gasteiger partial charge in [0.15, 0.2) is 0 Å². The summed E-state index contributed by atoms with van der Waals surface area (Å²) in [7, 11) is -3.66. The highest BCUT2D eigenvalue weighted by Gasteiger charge is 2.28. The number of benzene rings is 1. The number of sulfonamides is 1. The quantitative estimate of drug-likeness (QED) is 0.840. The first kappa shape index (κ1) is 18.5. The van der Waals surface area contributed by atoms with E-state index in [1.165, 1.54) is 33.4 Å². The first-order valence-corrected chi connectivity index (χ1v) is 9.76. The molecule has 0 spiro atoms. The normalized spacial score (nSPS) is 15.1. The summed E-state index contributed by atoms with van der Waals surface area (Å²) < 4.78 is 28.4. The number of rotatable bonds is 5. The molecule has 1 N–H and O–H groups in total. The zero-order valence-electron chi connectivity index (χ0n) is 13.7. The highest BCUT2D eigenvalue weighted by Crippen LogP contribution is 2.31. The minimum Gasteiger partial charge on any atom is -0.480 e. The molecule has 2 heterocycles. The van der Waals surface area contributed by atoms with Crippen molar-refractivity contribution in [2.45, 2.75) is 24.3 Å².